The summed E-state index contributed by atoms with van der Waals surface area (Å²) in [6, 6.07) is 12.1. The van der Waals surface area contributed by atoms with E-state index in [0.717, 1.165) is 12.0 Å². The van der Waals surface area contributed by atoms with Gasteiger partial charge >= 0.3 is 0 Å². The van der Waals surface area contributed by atoms with Crippen LogP contribution in [0.25, 0.3) is 0 Å². The number of amides is 2. The Morgan fingerprint density at radius 1 is 1.07 bits per heavy atom. The fraction of sp³-hybridized carbons (Fsp3) is 0.300. The zero-order chi connectivity index (χ0) is 19.4. The third kappa shape index (κ3) is 4.23. The number of carbonyl (C=O) groups is 2. The molecule has 1 fully saturated rings. The minimum absolute atomic E-state index is 0.185. The second-order valence-electron chi connectivity index (χ2n) is 6.32. The summed E-state index contributed by atoms with van der Waals surface area (Å²) in [4.78, 5) is 26.2. The minimum Gasteiger partial charge on any atom is -0.493 e. The van der Waals surface area contributed by atoms with E-state index >= 15 is 0 Å². The molecule has 1 aliphatic rings. The molecule has 2 amide bonds. The Bertz CT molecular complexity index is 838. The second kappa shape index (κ2) is 8.41. The van der Waals surface area contributed by atoms with Crippen LogP contribution in [0, 0.1) is 0 Å². The lowest BCUT2D eigenvalue weighted by Gasteiger charge is -2.14. The number of hydrogen-bond acceptors (Lipinski definition) is 4. The molecule has 1 saturated heterocycles. The summed E-state index contributed by atoms with van der Waals surface area (Å²) >= 11 is 5.88. The number of halogens is 1. The smallest absolute Gasteiger partial charge is 0.292 e. The van der Waals surface area contributed by atoms with Crippen LogP contribution in [0.2, 0.25) is 5.02 Å². The summed E-state index contributed by atoms with van der Waals surface area (Å²) in [7, 11) is 3.20. The van der Waals surface area contributed by atoms with E-state index in [1.807, 2.05) is 23.5 Å². The lowest BCUT2D eigenvalue weighted by molar-refractivity contribution is -0.674. The molecule has 0 saturated carbocycles. The number of nitrogens with zero attached hydrogens (tertiary/aromatic N) is 1. The normalized spacial score (nSPS) is 16.7. The number of benzene rings is 2. The van der Waals surface area contributed by atoms with Crippen molar-refractivity contribution in [2.24, 2.45) is 0 Å². The molecule has 1 unspecified atom stereocenters. The van der Waals surface area contributed by atoms with E-state index in [1.54, 1.807) is 38.5 Å². The lowest BCUT2D eigenvalue weighted by atomic mass is 10.1. The van der Waals surface area contributed by atoms with Gasteiger partial charge in [0.15, 0.2) is 17.5 Å². The van der Waals surface area contributed by atoms with Crippen LogP contribution in [-0.4, -0.2) is 38.6 Å². The van der Waals surface area contributed by atoms with E-state index in [9.17, 15) is 9.59 Å². The summed E-state index contributed by atoms with van der Waals surface area (Å²) in [6.07, 6.45) is 0.951. The number of ether oxygens (including phenoxy) is 2. The fourth-order valence-electron chi connectivity index (χ4n) is 3.19. The zero-order valence-corrected chi connectivity index (χ0v) is 16.0. The Morgan fingerprint density at radius 3 is 2.44 bits per heavy atom. The van der Waals surface area contributed by atoms with Gasteiger partial charge in [-0.25, -0.2) is 4.90 Å². The number of rotatable bonds is 7. The maximum Gasteiger partial charge on any atom is 0.292 e. The van der Waals surface area contributed by atoms with Gasteiger partial charge in [0.1, 0.15) is 0 Å². The third-order valence-electron chi connectivity index (χ3n) is 4.60. The molecule has 0 radical (unpaired) electrons. The molecule has 27 heavy (non-hydrogen) atoms. The van der Waals surface area contributed by atoms with Gasteiger partial charge in [-0.15, -0.1) is 0 Å². The number of hydrogen-bond donors (Lipinski definition) is 1. The summed E-state index contributed by atoms with van der Waals surface area (Å²) < 4.78 is 10.5. The fourth-order valence-corrected chi connectivity index (χ4v) is 3.31. The van der Waals surface area contributed by atoms with Gasteiger partial charge in [0.2, 0.25) is 5.91 Å². The molecule has 1 heterocycles. The molecule has 0 aliphatic carbocycles. The van der Waals surface area contributed by atoms with Gasteiger partial charge in [-0.05, 0) is 42.0 Å². The molecule has 142 valence electrons. The number of methoxy groups -OCH3 is 2. The maximum atomic E-state index is 12.6. The molecule has 2 aromatic rings. The van der Waals surface area contributed by atoms with Gasteiger partial charge in [0.05, 0.1) is 32.9 Å². The first kappa shape index (κ1) is 19.2. The Balaban J connectivity index is 1.60. The van der Waals surface area contributed by atoms with Crippen molar-refractivity contribution in [3.63, 3.8) is 0 Å². The van der Waals surface area contributed by atoms with Crippen molar-refractivity contribution in [1.82, 2.24) is 0 Å². The van der Waals surface area contributed by atoms with Crippen LogP contribution in [0.4, 0.5) is 5.69 Å². The Labute approximate surface area is 163 Å². The van der Waals surface area contributed by atoms with E-state index in [-0.39, 0.29) is 18.2 Å². The predicted octanol–water partition coefficient (Wildman–Crippen LogP) is 1.80. The predicted molar refractivity (Wildman–Crippen MR) is 102 cm³/mol. The maximum absolute atomic E-state index is 12.6. The van der Waals surface area contributed by atoms with Crippen molar-refractivity contribution >= 4 is 29.1 Å². The molecular formula is C20H22ClN2O4+. The highest BCUT2D eigenvalue weighted by atomic mass is 35.5. The molecule has 0 bridgehead atoms. The summed E-state index contributed by atoms with van der Waals surface area (Å²) in [5.74, 6) is 0.987. The van der Waals surface area contributed by atoms with E-state index in [4.69, 9.17) is 21.1 Å². The van der Waals surface area contributed by atoms with Crippen LogP contribution in [0.3, 0.4) is 0 Å². The number of nitrogens with two attached hydrogens (primary N) is 1. The van der Waals surface area contributed by atoms with E-state index in [2.05, 4.69) is 0 Å². The molecule has 1 atom stereocenters. The van der Waals surface area contributed by atoms with Gasteiger partial charge in [0, 0.05) is 11.4 Å². The van der Waals surface area contributed by atoms with E-state index in [0.29, 0.717) is 28.8 Å². The first-order chi connectivity index (χ1) is 13.0. The largest absolute Gasteiger partial charge is 0.493 e. The van der Waals surface area contributed by atoms with Crippen molar-refractivity contribution in [2.45, 2.75) is 18.9 Å². The first-order valence-electron chi connectivity index (χ1n) is 8.70. The van der Waals surface area contributed by atoms with Crippen molar-refractivity contribution < 1.29 is 24.4 Å². The highest BCUT2D eigenvalue weighted by molar-refractivity contribution is 6.30. The average molecular weight is 390 g/mol. The van der Waals surface area contributed by atoms with Crippen LogP contribution in [-0.2, 0) is 16.0 Å². The number of anilines is 1. The molecule has 1 aliphatic heterocycles. The molecule has 3 rings (SSSR count). The van der Waals surface area contributed by atoms with Crippen LogP contribution in [0.5, 0.6) is 11.5 Å². The SMILES string of the molecule is COc1ccc(CC[NH2+]C2CC(=O)N(c3ccc(Cl)cc3)C2=O)cc1OC. The Kier molecular flexibility index (Phi) is 5.98. The van der Waals surface area contributed by atoms with E-state index in [1.165, 1.54) is 4.90 Å². The van der Waals surface area contributed by atoms with Crippen LogP contribution in [0.15, 0.2) is 42.5 Å². The highest BCUT2D eigenvalue weighted by Crippen LogP contribution is 2.27. The van der Waals surface area contributed by atoms with Gasteiger partial charge in [-0.2, -0.15) is 0 Å². The zero-order valence-electron chi connectivity index (χ0n) is 15.3. The van der Waals surface area contributed by atoms with E-state index < -0.39 is 6.04 Å². The van der Waals surface area contributed by atoms with Crippen LogP contribution >= 0.6 is 11.6 Å². The standard InChI is InChI=1S/C20H21ClN2O4/c1-26-17-8-3-13(11-18(17)27-2)9-10-22-16-12-19(24)23(20(16)25)15-6-4-14(21)5-7-15/h3-8,11,16,22H,9-10,12H2,1-2H3/p+1. The van der Waals surface area contributed by atoms with Gasteiger partial charge in [-0.1, -0.05) is 17.7 Å². The second-order valence-corrected chi connectivity index (χ2v) is 6.75. The van der Waals surface area contributed by atoms with Crippen molar-refractivity contribution in [3.05, 3.63) is 53.1 Å². The monoisotopic (exact) mass is 389 g/mol. The third-order valence-corrected chi connectivity index (χ3v) is 4.85. The molecule has 2 N–H and O–H groups in total. The van der Waals surface area contributed by atoms with Crippen LogP contribution < -0.4 is 19.7 Å². The highest BCUT2D eigenvalue weighted by Gasteiger charge is 2.42. The lowest BCUT2D eigenvalue weighted by Crippen LogP contribution is -2.92. The molecule has 0 spiro atoms. The molecule has 0 aromatic heterocycles. The van der Waals surface area contributed by atoms with Crippen LogP contribution in [0.1, 0.15) is 12.0 Å². The van der Waals surface area contributed by atoms with Crippen molar-refractivity contribution in [2.75, 3.05) is 25.7 Å². The van der Waals surface area contributed by atoms with Gasteiger partial charge < -0.3 is 14.8 Å². The van der Waals surface area contributed by atoms with Crippen molar-refractivity contribution in [1.29, 1.82) is 0 Å². The molecular weight excluding hydrogens is 368 g/mol. The summed E-state index contributed by atoms with van der Waals surface area (Å²) in [5.41, 5.74) is 1.64. The molecule has 7 heteroatoms. The average Bonchev–Trinajstić information content (AvgIpc) is 2.96. The Morgan fingerprint density at radius 2 is 1.78 bits per heavy atom. The Hall–Kier alpha value is -2.57. The molecule has 6 nitrogen and oxygen atoms in total. The van der Waals surface area contributed by atoms with Gasteiger partial charge in [0.25, 0.3) is 5.91 Å². The number of carbonyl (C=O) groups excluding carboxylic acids is 2. The van der Waals surface area contributed by atoms with Crippen molar-refractivity contribution in [3.8, 4) is 11.5 Å². The number of imide groups is 1. The summed E-state index contributed by atoms with van der Waals surface area (Å²) in [6.45, 7) is 0.688. The van der Waals surface area contributed by atoms with Gasteiger partial charge in [-0.3, -0.25) is 9.59 Å². The minimum atomic E-state index is -0.395. The first-order valence-corrected chi connectivity index (χ1v) is 9.08. The molecule has 2 aromatic carbocycles. The summed E-state index contributed by atoms with van der Waals surface area (Å²) in [5, 5.41) is 2.49. The number of quaternary nitrogens is 1. The quantitative estimate of drug-likeness (QED) is 0.733. The topological polar surface area (TPSA) is 72.5 Å².